The zero-order chi connectivity index (χ0) is 12.3. The molecule has 16 heavy (non-hydrogen) atoms. The second kappa shape index (κ2) is 5.13. The lowest BCUT2D eigenvalue weighted by atomic mass is 9.78. The SMILES string of the molecule is CCC1(C)CCN(C(=O)C(C)C(N)=S)CC1. The molecule has 1 aliphatic heterocycles. The number of hydrogen-bond acceptors (Lipinski definition) is 2. The molecule has 1 atom stereocenters. The maximum Gasteiger partial charge on any atom is 0.232 e. The first-order chi connectivity index (χ1) is 7.39. The highest BCUT2D eigenvalue weighted by Gasteiger charge is 2.32. The standard InChI is InChI=1S/C12H22N2OS/c1-4-12(3)5-7-14(8-6-12)11(15)9(2)10(13)16/h9H,4-8H2,1-3H3,(H2,13,16). The van der Waals surface area contributed by atoms with Gasteiger partial charge >= 0.3 is 0 Å². The predicted octanol–water partition coefficient (Wildman–Crippen LogP) is 1.95. The summed E-state index contributed by atoms with van der Waals surface area (Å²) in [6.45, 7) is 7.99. The maximum atomic E-state index is 12.0. The van der Waals surface area contributed by atoms with Crippen LogP contribution in [0.15, 0.2) is 0 Å². The topological polar surface area (TPSA) is 46.3 Å². The second-order valence-corrected chi connectivity index (χ2v) is 5.58. The summed E-state index contributed by atoms with van der Waals surface area (Å²) in [5.74, 6) is -0.230. The Kier molecular flexibility index (Phi) is 4.30. The number of nitrogens with two attached hydrogens (primary N) is 1. The molecule has 1 amide bonds. The lowest BCUT2D eigenvalue weighted by molar-refractivity contribution is -0.135. The molecule has 0 radical (unpaired) electrons. The number of rotatable bonds is 3. The zero-order valence-corrected chi connectivity index (χ0v) is 11.3. The minimum Gasteiger partial charge on any atom is -0.393 e. The Morgan fingerprint density at radius 1 is 1.50 bits per heavy atom. The first-order valence-corrected chi connectivity index (χ1v) is 6.38. The van der Waals surface area contributed by atoms with Gasteiger partial charge in [-0.05, 0) is 25.2 Å². The third-order valence-corrected chi connectivity index (χ3v) is 4.29. The van der Waals surface area contributed by atoms with Gasteiger partial charge in [-0.1, -0.05) is 32.5 Å². The normalized spacial score (nSPS) is 21.6. The summed E-state index contributed by atoms with van der Waals surface area (Å²) >= 11 is 4.86. The molecule has 1 saturated heterocycles. The smallest absolute Gasteiger partial charge is 0.232 e. The van der Waals surface area contributed by atoms with Crippen LogP contribution in [-0.2, 0) is 4.79 Å². The highest BCUT2D eigenvalue weighted by atomic mass is 32.1. The van der Waals surface area contributed by atoms with Crippen molar-refractivity contribution in [2.75, 3.05) is 13.1 Å². The van der Waals surface area contributed by atoms with Gasteiger partial charge in [0.1, 0.15) is 0 Å². The number of piperidine rings is 1. The highest BCUT2D eigenvalue weighted by Crippen LogP contribution is 2.34. The minimum atomic E-state index is -0.319. The molecule has 1 aliphatic rings. The molecule has 1 heterocycles. The van der Waals surface area contributed by atoms with Gasteiger partial charge in [-0.15, -0.1) is 0 Å². The quantitative estimate of drug-likeness (QED) is 0.769. The van der Waals surface area contributed by atoms with Crippen molar-refractivity contribution in [3.63, 3.8) is 0 Å². The molecule has 1 fully saturated rings. The Hall–Kier alpha value is -0.640. The summed E-state index contributed by atoms with van der Waals surface area (Å²) in [5, 5.41) is 0. The molecular formula is C12H22N2OS. The van der Waals surface area contributed by atoms with Gasteiger partial charge in [0.15, 0.2) is 0 Å². The van der Waals surface area contributed by atoms with E-state index in [2.05, 4.69) is 13.8 Å². The summed E-state index contributed by atoms with van der Waals surface area (Å²) in [4.78, 5) is 14.2. The summed E-state index contributed by atoms with van der Waals surface area (Å²) in [6.07, 6.45) is 3.35. The first kappa shape index (κ1) is 13.4. The molecule has 2 N–H and O–H groups in total. The fourth-order valence-corrected chi connectivity index (χ4v) is 2.12. The van der Waals surface area contributed by atoms with Crippen molar-refractivity contribution in [3.8, 4) is 0 Å². The van der Waals surface area contributed by atoms with Crippen LogP contribution in [0.25, 0.3) is 0 Å². The van der Waals surface area contributed by atoms with Gasteiger partial charge in [-0.2, -0.15) is 0 Å². The van der Waals surface area contributed by atoms with Crippen LogP contribution >= 0.6 is 12.2 Å². The average Bonchev–Trinajstić information content (AvgIpc) is 2.28. The van der Waals surface area contributed by atoms with Crippen LogP contribution in [0.4, 0.5) is 0 Å². The van der Waals surface area contributed by atoms with Crippen molar-refractivity contribution in [1.82, 2.24) is 4.90 Å². The molecule has 3 nitrogen and oxygen atoms in total. The van der Waals surface area contributed by atoms with Gasteiger partial charge in [0, 0.05) is 13.1 Å². The number of carbonyl (C=O) groups excluding carboxylic acids is 1. The number of likely N-dealkylation sites (tertiary alicyclic amines) is 1. The number of carbonyl (C=O) groups is 1. The number of nitrogens with zero attached hydrogens (tertiary/aromatic N) is 1. The Morgan fingerprint density at radius 3 is 2.38 bits per heavy atom. The van der Waals surface area contributed by atoms with Gasteiger partial charge in [0.2, 0.25) is 5.91 Å². The number of hydrogen-bond donors (Lipinski definition) is 1. The van der Waals surface area contributed by atoms with E-state index in [1.54, 1.807) is 6.92 Å². The number of thiocarbonyl (C=S) groups is 1. The lowest BCUT2D eigenvalue weighted by Gasteiger charge is -2.39. The van der Waals surface area contributed by atoms with Crippen LogP contribution in [0.3, 0.4) is 0 Å². The molecule has 0 aliphatic carbocycles. The molecule has 92 valence electrons. The average molecular weight is 242 g/mol. The third kappa shape index (κ3) is 2.94. The van der Waals surface area contributed by atoms with E-state index in [1.807, 2.05) is 4.90 Å². The van der Waals surface area contributed by atoms with E-state index in [9.17, 15) is 4.79 Å². The van der Waals surface area contributed by atoms with E-state index >= 15 is 0 Å². The van der Waals surface area contributed by atoms with E-state index in [0.717, 1.165) is 25.9 Å². The molecular weight excluding hydrogens is 220 g/mol. The monoisotopic (exact) mass is 242 g/mol. The van der Waals surface area contributed by atoms with Gasteiger partial charge in [0.05, 0.1) is 10.9 Å². The summed E-state index contributed by atoms with van der Waals surface area (Å²) in [7, 11) is 0. The minimum absolute atomic E-state index is 0.0886. The van der Waals surface area contributed by atoms with Crippen LogP contribution in [0.5, 0.6) is 0 Å². The van der Waals surface area contributed by atoms with E-state index in [0.29, 0.717) is 10.4 Å². The van der Waals surface area contributed by atoms with Crippen molar-refractivity contribution in [1.29, 1.82) is 0 Å². The molecule has 4 heteroatoms. The lowest BCUT2D eigenvalue weighted by Crippen LogP contribution is -2.46. The van der Waals surface area contributed by atoms with Crippen LogP contribution < -0.4 is 5.73 Å². The molecule has 1 unspecified atom stereocenters. The zero-order valence-electron chi connectivity index (χ0n) is 10.5. The number of amides is 1. The molecule has 0 bridgehead atoms. The van der Waals surface area contributed by atoms with Crippen LogP contribution in [-0.4, -0.2) is 28.9 Å². The Labute approximate surface area is 103 Å². The van der Waals surface area contributed by atoms with Crippen LogP contribution in [0.2, 0.25) is 0 Å². The van der Waals surface area contributed by atoms with Crippen LogP contribution in [0, 0.1) is 11.3 Å². The van der Waals surface area contributed by atoms with Gasteiger partial charge in [-0.3, -0.25) is 4.79 Å². The molecule has 0 saturated carbocycles. The van der Waals surface area contributed by atoms with E-state index < -0.39 is 0 Å². The summed E-state index contributed by atoms with van der Waals surface area (Å²) in [6, 6.07) is 0. The molecule has 1 rings (SSSR count). The third-order valence-electron chi connectivity index (χ3n) is 3.93. The van der Waals surface area contributed by atoms with E-state index in [4.69, 9.17) is 18.0 Å². The Morgan fingerprint density at radius 2 is 2.00 bits per heavy atom. The summed E-state index contributed by atoms with van der Waals surface area (Å²) in [5.41, 5.74) is 5.91. The van der Waals surface area contributed by atoms with Crippen molar-refractivity contribution in [3.05, 3.63) is 0 Å². The van der Waals surface area contributed by atoms with Crippen LogP contribution in [0.1, 0.15) is 40.0 Å². The summed E-state index contributed by atoms with van der Waals surface area (Å²) < 4.78 is 0. The van der Waals surface area contributed by atoms with Crippen molar-refractivity contribution in [2.24, 2.45) is 17.1 Å². The molecule has 0 aromatic rings. The Bertz CT molecular complexity index is 283. The first-order valence-electron chi connectivity index (χ1n) is 5.98. The molecule has 0 spiro atoms. The van der Waals surface area contributed by atoms with Gasteiger partial charge in [0.25, 0.3) is 0 Å². The Balaban J connectivity index is 2.54. The van der Waals surface area contributed by atoms with Crippen molar-refractivity contribution >= 4 is 23.1 Å². The fourth-order valence-electron chi connectivity index (χ4n) is 2.02. The maximum absolute atomic E-state index is 12.0. The van der Waals surface area contributed by atoms with Gasteiger partial charge in [-0.25, -0.2) is 0 Å². The van der Waals surface area contributed by atoms with Crippen molar-refractivity contribution in [2.45, 2.75) is 40.0 Å². The second-order valence-electron chi connectivity index (χ2n) is 5.11. The van der Waals surface area contributed by atoms with E-state index in [1.165, 1.54) is 6.42 Å². The predicted molar refractivity (Wildman–Crippen MR) is 70.2 cm³/mol. The largest absolute Gasteiger partial charge is 0.393 e. The van der Waals surface area contributed by atoms with Gasteiger partial charge < -0.3 is 10.6 Å². The van der Waals surface area contributed by atoms with E-state index in [-0.39, 0.29) is 11.8 Å². The highest BCUT2D eigenvalue weighted by molar-refractivity contribution is 7.80. The fraction of sp³-hybridized carbons (Fsp3) is 0.833. The molecule has 0 aromatic heterocycles. The molecule has 0 aromatic carbocycles. The van der Waals surface area contributed by atoms with Crippen molar-refractivity contribution < 1.29 is 4.79 Å².